The number of amides is 1. The topological polar surface area (TPSA) is 110 Å². The van der Waals surface area contributed by atoms with E-state index in [9.17, 15) is 13.2 Å². The van der Waals surface area contributed by atoms with Gasteiger partial charge in [-0.2, -0.15) is 9.40 Å². The van der Waals surface area contributed by atoms with Crippen LogP contribution in [0.15, 0.2) is 11.1 Å². The molecule has 1 aromatic rings. The van der Waals surface area contributed by atoms with Gasteiger partial charge >= 0.3 is 0 Å². The molecule has 0 aromatic carbocycles. The van der Waals surface area contributed by atoms with Crippen molar-refractivity contribution in [1.82, 2.24) is 19.4 Å². The molecule has 0 saturated carbocycles. The standard InChI is InChI=1S/C11H21N5O3S/c1-11(2,3)13-9(17)7-16(5)20(18,19)8-6-15(4)14-10(8)12/h6H,7H2,1-5H3,(H2,12,14)(H,13,17). The fraction of sp³-hybridized carbons (Fsp3) is 0.636. The van der Waals surface area contributed by atoms with E-state index in [4.69, 9.17) is 5.73 Å². The van der Waals surface area contributed by atoms with Gasteiger partial charge in [0.05, 0.1) is 6.54 Å². The summed E-state index contributed by atoms with van der Waals surface area (Å²) in [6.45, 7) is 5.17. The molecule has 0 unspecified atom stereocenters. The van der Waals surface area contributed by atoms with E-state index in [2.05, 4.69) is 10.4 Å². The van der Waals surface area contributed by atoms with Crippen LogP contribution in [0.4, 0.5) is 5.82 Å². The smallest absolute Gasteiger partial charge is 0.248 e. The van der Waals surface area contributed by atoms with Gasteiger partial charge in [0.2, 0.25) is 15.9 Å². The van der Waals surface area contributed by atoms with Crippen LogP contribution >= 0.6 is 0 Å². The monoisotopic (exact) mass is 303 g/mol. The second kappa shape index (κ2) is 5.41. The second-order valence-electron chi connectivity index (χ2n) is 5.61. The molecule has 0 bridgehead atoms. The highest BCUT2D eigenvalue weighted by molar-refractivity contribution is 7.89. The number of sulfonamides is 1. The number of rotatable bonds is 4. The Morgan fingerprint density at radius 3 is 2.45 bits per heavy atom. The molecule has 1 heterocycles. The van der Waals surface area contributed by atoms with E-state index in [-0.39, 0.29) is 23.2 Å². The molecule has 0 aliphatic heterocycles. The molecule has 9 heteroatoms. The number of nitrogen functional groups attached to an aromatic ring is 1. The highest BCUT2D eigenvalue weighted by Crippen LogP contribution is 2.19. The Hall–Kier alpha value is -1.61. The van der Waals surface area contributed by atoms with Crippen molar-refractivity contribution in [3.63, 3.8) is 0 Å². The van der Waals surface area contributed by atoms with Gasteiger partial charge < -0.3 is 11.1 Å². The van der Waals surface area contributed by atoms with Crippen molar-refractivity contribution in [2.45, 2.75) is 31.2 Å². The van der Waals surface area contributed by atoms with Gasteiger partial charge in [-0.05, 0) is 20.8 Å². The zero-order chi connectivity index (χ0) is 15.7. The minimum Gasteiger partial charge on any atom is -0.381 e. The molecule has 0 aliphatic rings. The molecule has 0 aliphatic carbocycles. The summed E-state index contributed by atoms with van der Waals surface area (Å²) < 4.78 is 26.8. The molecule has 3 N–H and O–H groups in total. The van der Waals surface area contributed by atoms with Gasteiger partial charge in [-0.1, -0.05) is 0 Å². The Balaban J connectivity index is 2.89. The molecule has 20 heavy (non-hydrogen) atoms. The number of nitrogens with zero attached hydrogens (tertiary/aromatic N) is 3. The predicted octanol–water partition coefficient (Wildman–Crippen LogP) is -0.462. The average Bonchev–Trinajstić information content (AvgIpc) is 2.55. The van der Waals surface area contributed by atoms with Crippen LogP contribution in [0.3, 0.4) is 0 Å². The first kappa shape index (κ1) is 16.4. The quantitative estimate of drug-likeness (QED) is 0.782. The molecule has 1 rings (SSSR count). The van der Waals surface area contributed by atoms with Crippen molar-refractivity contribution in [2.24, 2.45) is 7.05 Å². The molecule has 8 nitrogen and oxygen atoms in total. The van der Waals surface area contributed by atoms with Crippen molar-refractivity contribution >= 4 is 21.7 Å². The molecule has 0 radical (unpaired) electrons. The molecule has 1 aromatic heterocycles. The Morgan fingerprint density at radius 2 is 2.05 bits per heavy atom. The Kier molecular flexibility index (Phi) is 4.45. The van der Waals surface area contributed by atoms with Gasteiger partial charge in [-0.25, -0.2) is 8.42 Å². The lowest BCUT2D eigenvalue weighted by molar-refractivity contribution is -0.122. The zero-order valence-electron chi connectivity index (χ0n) is 12.3. The van der Waals surface area contributed by atoms with Gasteiger partial charge in [0.15, 0.2) is 5.82 Å². The lowest BCUT2D eigenvalue weighted by atomic mass is 10.1. The fourth-order valence-electron chi connectivity index (χ4n) is 1.60. The van der Waals surface area contributed by atoms with Crippen LogP contribution in [0.5, 0.6) is 0 Å². The van der Waals surface area contributed by atoms with Crippen LogP contribution < -0.4 is 11.1 Å². The SMILES string of the molecule is CN(CC(=O)NC(C)(C)C)S(=O)(=O)c1cn(C)nc1N. The maximum Gasteiger partial charge on any atom is 0.248 e. The number of carbonyl (C=O) groups is 1. The van der Waals surface area contributed by atoms with E-state index in [0.29, 0.717) is 0 Å². The van der Waals surface area contributed by atoms with Crippen LogP contribution in [0.1, 0.15) is 20.8 Å². The zero-order valence-corrected chi connectivity index (χ0v) is 13.2. The first-order valence-corrected chi connectivity index (χ1v) is 7.44. The van der Waals surface area contributed by atoms with Crippen LogP contribution in [-0.2, 0) is 21.9 Å². The summed E-state index contributed by atoms with van der Waals surface area (Å²) in [6, 6.07) is 0. The van der Waals surface area contributed by atoms with Crippen LogP contribution in [0.2, 0.25) is 0 Å². The molecule has 0 fully saturated rings. The van der Waals surface area contributed by atoms with E-state index >= 15 is 0 Å². The fourth-order valence-corrected chi connectivity index (χ4v) is 2.81. The number of aromatic nitrogens is 2. The highest BCUT2D eigenvalue weighted by Gasteiger charge is 2.28. The molecule has 1 amide bonds. The predicted molar refractivity (Wildman–Crippen MR) is 75.3 cm³/mol. The number of anilines is 1. The molecular formula is C11H21N5O3S. The second-order valence-corrected chi connectivity index (χ2v) is 7.62. The maximum atomic E-state index is 12.3. The van der Waals surface area contributed by atoms with Crippen LogP contribution in [-0.4, -0.2) is 47.5 Å². The lowest BCUT2D eigenvalue weighted by Gasteiger charge is -2.23. The number of nitrogens with one attached hydrogen (secondary N) is 1. The number of nitrogens with two attached hydrogens (primary N) is 1. The van der Waals surface area contributed by atoms with Crippen LogP contribution in [0.25, 0.3) is 0 Å². The third kappa shape index (κ3) is 3.94. The largest absolute Gasteiger partial charge is 0.381 e. The number of aryl methyl sites for hydroxylation is 1. The van der Waals surface area contributed by atoms with Crippen molar-refractivity contribution < 1.29 is 13.2 Å². The minimum absolute atomic E-state index is 0.0874. The third-order valence-electron chi connectivity index (χ3n) is 2.39. The Bertz CT molecular complexity index is 600. The normalized spacial score (nSPS) is 12.7. The summed E-state index contributed by atoms with van der Waals surface area (Å²) in [5, 5.41) is 6.48. The Morgan fingerprint density at radius 1 is 1.50 bits per heavy atom. The summed E-state index contributed by atoms with van der Waals surface area (Å²) in [7, 11) is -0.941. The maximum absolute atomic E-state index is 12.3. The van der Waals surface area contributed by atoms with E-state index in [1.165, 1.54) is 17.9 Å². The summed E-state index contributed by atoms with van der Waals surface area (Å²) in [5.74, 6) is -0.471. The van der Waals surface area contributed by atoms with E-state index in [1.807, 2.05) is 20.8 Å². The Labute approximate surface area is 119 Å². The first-order valence-electron chi connectivity index (χ1n) is 6.00. The summed E-state index contributed by atoms with van der Waals surface area (Å²) in [5.41, 5.74) is 5.14. The molecule has 0 saturated heterocycles. The average molecular weight is 303 g/mol. The van der Waals surface area contributed by atoms with Gasteiger partial charge in [0, 0.05) is 25.8 Å². The first-order chi connectivity index (χ1) is 8.93. The number of hydrogen-bond donors (Lipinski definition) is 2. The highest BCUT2D eigenvalue weighted by atomic mass is 32.2. The molecule has 0 spiro atoms. The summed E-state index contributed by atoms with van der Waals surface area (Å²) >= 11 is 0. The van der Waals surface area contributed by atoms with Gasteiger partial charge in [0.25, 0.3) is 0 Å². The number of carbonyl (C=O) groups excluding carboxylic acids is 1. The summed E-state index contributed by atoms with van der Waals surface area (Å²) in [4.78, 5) is 11.7. The van der Waals surface area contributed by atoms with E-state index in [1.54, 1.807) is 7.05 Å². The number of hydrogen-bond acceptors (Lipinski definition) is 5. The van der Waals surface area contributed by atoms with Crippen molar-refractivity contribution in [3.8, 4) is 0 Å². The summed E-state index contributed by atoms with van der Waals surface area (Å²) in [6.07, 6.45) is 1.31. The number of likely N-dealkylation sites (N-methyl/N-ethyl adjacent to an activating group) is 1. The van der Waals surface area contributed by atoms with Crippen molar-refractivity contribution in [3.05, 3.63) is 6.20 Å². The molecule has 0 atom stereocenters. The van der Waals surface area contributed by atoms with Crippen molar-refractivity contribution in [1.29, 1.82) is 0 Å². The van der Waals surface area contributed by atoms with Crippen LogP contribution in [0, 0.1) is 0 Å². The third-order valence-corrected chi connectivity index (χ3v) is 4.21. The van der Waals surface area contributed by atoms with Gasteiger partial charge in [0.1, 0.15) is 4.90 Å². The van der Waals surface area contributed by atoms with Crippen molar-refractivity contribution in [2.75, 3.05) is 19.3 Å². The van der Waals surface area contributed by atoms with E-state index < -0.39 is 15.6 Å². The molecule has 114 valence electrons. The van der Waals surface area contributed by atoms with Gasteiger partial charge in [-0.3, -0.25) is 9.48 Å². The minimum atomic E-state index is -3.84. The lowest BCUT2D eigenvalue weighted by Crippen LogP contribution is -2.46. The molecular weight excluding hydrogens is 282 g/mol. The van der Waals surface area contributed by atoms with E-state index in [0.717, 1.165) is 4.31 Å². The van der Waals surface area contributed by atoms with Gasteiger partial charge in [-0.15, -0.1) is 0 Å².